The van der Waals surface area contributed by atoms with Crippen LogP contribution >= 0.6 is 0 Å². The number of hydrogen-bond donors (Lipinski definition) is 3. The van der Waals surface area contributed by atoms with Gasteiger partial charge in [0.15, 0.2) is 0 Å². The van der Waals surface area contributed by atoms with Crippen LogP contribution in [0.5, 0.6) is 0 Å². The van der Waals surface area contributed by atoms with E-state index in [4.69, 9.17) is 17.5 Å². The molecule has 0 saturated heterocycles. The maximum atomic E-state index is 11.4. The molecule has 1 aromatic rings. The Morgan fingerprint density at radius 1 is 0.478 bits per heavy atom. The largest absolute Gasteiger partial charge is 0.394 e. The van der Waals surface area contributed by atoms with Crippen LogP contribution in [-0.4, -0.2) is 58.4 Å². The summed E-state index contributed by atoms with van der Waals surface area (Å²) in [6, 6.07) is 6.77. The summed E-state index contributed by atoms with van der Waals surface area (Å²) in [6.45, 7) is 4.56. The molecule has 0 aliphatic carbocycles. The molecule has 46 heavy (non-hydrogen) atoms. The van der Waals surface area contributed by atoms with Gasteiger partial charge in [-0.1, -0.05) is 121 Å². The standard InChI is InChI=1S/C24H42O3S.C12H25.Na.H2O4S/c1-2-3-4-5-6-7-8-9-10-11-12-13-14-15-16-17-20-23-21-18-19-22-24(23)28(25,26)27;1-3-5-7-9-11-12-10-8-6-4-2;;1-5(2,3)4/h18-19,21-22H,2-17,20H2,1H3,(H,25,26,27);1,3-12H2,2H3;;(H2,1,2,3,4). The molecule has 0 radical (unpaired) electrons. The van der Waals surface area contributed by atoms with Crippen LogP contribution in [-0.2, 0) is 26.9 Å². The van der Waals surface area contributed by atoms with Crippen molar-refractivity contribution in [3.8, 4) is 0 Å². The van der Waals surface area contributed by atoms with Gasteiger partial charge in [0, 0.05) is 0 Å². The first kappa shape index (κ1) is 48.1. The Kier molecular flexibility index (Phi) is 36.5. The third kappa shape index (κ3) is 40.2. The minimum atomic E-state index is -4.67. The normalized spacial score (nSPS) is 11.5. The van der Waals surface area contributed by atoms with Crippen LogP contribution < -0.4 is 0 Å². The van der Waals surface area contributed by atoms with Gasteiger partial charge in [0.25, 0.3) is 10.1 Å². The van der Waals surface area contributed by atoms with E-state index in [1.165, 1.54) is 192 Å². The summed E-state index contributed by atoms with van der Waals surface area (Å²) in [7, 11) is -8.77. The fourth-order valence-electron chi connectivity index (χ4n) is 5.56. The number of benzene rings is 1. The molecule has 10 heteroatoms. The van der Waals surface area contributed by atoms with E-state index in [0.29, 0.717) is 6.42 Å². The molecule has 7 nitrogen and oxygen atoms in total. The van der Waals surface area contributed by atoms with Gasteiger partial charge >= 0.3 is 113 Å². The van der Waals surface area contributed by atoms with Crippen LogP contribution in [0.1, 0.15) is 186 Å². The smallest absolute Gasteiger partial charge is 0.264 e. The first-order valence-corrected chi connectivity index (χ1v) is 23.0. The average molecular weight is 701 g/mol. The summed E-state index contributed by atoms with van der Waals surface area (Å²) in [5.41, 5.74) is 0.732. The van der Waals surface area contributed by atoms with Crippen molar-refractivity contribution in [1.29, 1.82) is 0 Å². The maximum Gasteiger partial charge on any atom is 0.394 e. The van der Waals surface area contributed by atoms with Gasteiger partial charge < -0.3 is 0 Å². The molecule has 0 amide bonds. The van der Waals surface area contributed by atoms with Gasteiger partial charge in [-0.25, -0.2) is 0 Å². The first-order valence-electron chi connectivity index (χ1n) is 18.7. The van der Waals surface area contributed by atoms with E-state index in [9.17, 15) is 13.0 Å². The Balaban J connectivity index is 0. The zero-order valence-corrected chi connectivity index (χ0v) is 33.5. The van der Waals surface area contributed by atoms with E-state index in [2.05, 4.69) is 13.8 Å². The van der Waals surface area contributed by atoms with Crippen molar-refractivity contribution >= 4 is 48.4 Å². The predicted octanol–water partition coefficient (Wildman–Crippen LogP) is 11.6. The fraction of sp³-hybridized carbons (Fsp3) is 0.833. The molecule has 0 aromatic heterocycles. The molecule has 1 aromatic carbocycles. The molecule has 0 unspecified atom stereocenters. The maximum absolute atomic E-state index is 11.4. The van der Waals surface area contributed by atoms with Gasteiger partial charge in [0.2, 0.25) is 0 Å². The second-order valence-corrected chi connectivity index (χ2v) is 16.1. The van der Waals surface area contributed by atoms with Gasteiger partial charge in [-0.2, -0.15) is 16.8 Å². The Bertz CT molecular complexity index is 968. The molecule has 0 aliphatic rings. The summed E-state index contributed by atoms with van der Waals surface area (Å²) in [6.07, 6.45) is 36.7. The van der Waals surface area contributed by atoms with Crippen molar-refractivity contribution in [3.05, 3.63) is 29.8 Å². The molecular weight excluding hydrogens is 632 g/mol. The number of aryl methyl sites for hydroxylation is 1. The molecule has 0 atom stereocenters. The van der Waals surface area contributed by atoms with Gasteiger partial charge in [-0.05, 0) is 24.5 Å². The van der Waals surface area contributed by atoms with Gasteiger partial charge in [-0.3, -0.25) is 13.7 Å². The van der Waals surface area contributed by atoms with Gasteiger partial charge in [0.05, 0.1) is 4.90 Å². The van der Waals surface area contributed by atoms with Crippen LogP contribution in [0.15, 0.2) is 29.2 Å². The van der Waals surface area contributed by atoms with Crippen molar-refractivity contribution in [2.45, 2.75) is 196 Å². The molecule has 0 bridgehead atoms. The van der Waals surface area contributed by atoms with Crippen molar-refractivity contribution in [1.82, 2.24) is 0 Å². The number of rotatable bonds is 28. The Morgan fingerprint density at radius 2 is 0.761 bits per heavy atom. The molecular formula is C36H69NaO7S2. The monoisotopic (exact) mass is 700 g/mol. The van der Waals surface area contributed by atoms with E-state index in [0.717, 1.165) is 18.4 Å². The molecule has 0 fully saturated rings. The van der Waals surface area contributed by atoms with E-state index in [-0.39, 0.29) is 4.90 Å². The van der Waals surface area contributed by atoms with Crippen LogP contribution in [0.2, 0.25) is 3.67 Å². The summed E-state index contributed by atoms with van der Waals surface area (Å²) >= 11 is 1.41. The fourth-order valence-corrected chi connectivity index (χ4v) is 6.81. The SMILES string of the molecule is CCCCCCCCCCCCCCCCCCc1ccccc1S(=O)(=O)O.CCCCCCCCCCC[CH2][Na].O=S(=O)(O)O. The van der Waals surface area contributed by atoms with E-state index >= 15 is 0 Å². The predicted molar refractivity (Wildman–Crippen MR) is 196 cm³/mol. The van der Waals surface area contributed by atoms with Crippen molar-refractivity contribution in [3.63, 3.8) is 0 Å². The van der Waals surface area contributed by atoms with Crippen LogP contribution in [0.4, 0.5) is 0 Å². The van der Waals surface area contributed by atoms with Crippen molar-refractivity contribution < 1.29 is 30.5 Å². The second kappa shape index (κ2) is 34.8. The zero-order valence-electron chi connectivity index (χ0n) is 29.9. The molecule has 0 saturated carbocycles. The topological polar surface area (TPSA) is 129 Å². The Labute approximate surface area is 302 Å². The third-order valence-electron chi connectivity index (χ3n) is 8.26. The van der Waals surface area contributed by atoms with Crippen LogP contribution in [0.3, 0.4) is 0 Å². The van der Waals surface area contributed by atoms with E-state index < -0.39 is 20.5 Å². The van der Waals surface area contributed by atoms with Crippen molar-refractivity contribution in [2.24, 2.45) is 0 Å². The first-order chi connectivity index (χ1) is 22.0. The summed E-state index contributed by atoms with van der Waals surface area (Å²) in [5.74, 6) is 0. The minimum Gasteiger partial charge on any atom is -0.264 e. The summed E-state index contributed by atoms with van der Waals surface area (Å²) in [4.78, 5) is 0.0657. The second-order valence-electron chi connectivity index (χ2n) is 12.8. The van der Waals surface area contributed by atoms with Crippen LogP contribution in [0.25, 0.3) is 0 Å². The molecule has 0 aliphatic heterocycles. The molecule has 3 N–H and O–H groups in total. The average Bonchev–Trinajstić information content (AvgIpc) is 2.99. The molecule has 268 valence electrons. The number of hydrogen-bond acceptors (Lipinski definition) is 4. The van der Waals surface area contributed by atoms with Gasteiger partial charge in [0.1, 0.15) is 0 Å². The quantitative estimate of drug-likeness (QED) is 0.0450. The minimum absolute atomic E-state index is 0.0657. The van der Waals surface area contributed by atoms with E-state index in [1.807, 2.05) is 6.07 Å². The Morgan fingerprint density at radius 3 is 1.07 bits per heavy atom. The molecule has 1 rings (SSSR count). The van der Waals surface area contributed by atoms with Gasteiger partial charge in [-0.15, -0.1) is 0 Å². The summed E-state index contributed by atoms with van der Waals surface area (Å²) < 4.78 is 65.1. The number of unbranched alkanes of at least 4 members (excludes halogenated alkanes) is 24. The van der Waals surface area contributed by atoms with E-state index in [1.54, 1.807) is 12.1 Å². The molecule has 0 spiro atoms. The third-order valence-corrected chi connectivity index (χ3v) is 9.92. The summed E-state index contributed by atoms with van der Waals surface area (Å²) in [5, 5.41) is 0. The molecule has 0 heterocycles. The zero-order chi connectivity index (χ0) is 34.8. The van der Waals surface area contributed by atoms with Crippen molar-refractivity contribution in [2.75, 3.05) is 0 Å². The van der Waals surface area contributed by atoms with Crippen LogP contribution in [0, 0.1) is 0 Å². The Hall–Kier alpha value is -0.000000000000000153.